The highest BCUT2D eigenvalue weighted by Crippen LogP contribution is 2.56. The van der Waals surface area contributed by atoms with Crippen LogP contribution >= 0.6 is 15.9 Å². The molecule has 1 nitrogen and oxygen atoms in total. The molecule has 5 aromatic carbocycles. The summed E-state index contributed by atoms with van der Waals surface area (Å²) in [6.45, 7) is 2.30. The van der Waals surface area contributed by atoms with E-state index in [1.807, 2.05) is 0 Å². The molecule has 1 heterocycles. The molecule has 0 amide bonds. The van der Waals surface area contributed by atoms with Crippen molar-refractivity contribution in [1.29, 1.82) is 0 Å². The van der Waals surface area contributed by atoms with Crippen LogP contribution < -0.4 is 4.90 Å². The van der Waals surface area contributed by atoms with Crippen molar-refractivity contribution in [3.63, 3.8) is 0 Å². The number of hydrogen-bond donors (Lipinski definition) is 0. The Balaban J connectivity index is 1.59. The van der Waals surface area contributed by atoms with Crippen molar-refractivity contribution in [2.45, 2.75) is 18.8 Å². The molecule has 0 bridgehead atoms. The lowest BCUT2D eigenvalue weighted by Crippen LogP contribution is -2.36. The fourth-order valence-corrected chi connectivity index (χ4v) is 6.04. The summed E-state index contributed by atoms with van der Waals surface area (Å²) in [6.07, 6.45) is 0.971. The van der Waals surface area contributed by atoms with Crippen LogP contribution in [0.4, 0.5) is 17.1 Å². The van der Waals surface area contributed by atoms with Gasteiger partial charge in [0.1, 0.15) is 0 Å². The van der Waals surface area contributed by atoms with Crippen molar-refractivity contribution in [2.75, 3.05) is 4.90 Å². The van der Waals surface area contributed by atoms with Gasteiger partial charge in [0.25, 0.3) is 0 Å². The topological polar surface area (TPSA) is 3.24 Å². The third kappa shape index (κ3) is 3.52. The average Bonchev–Trinajstić information content (AvgIpc) is 2.93. The van der Waals surface area contributed by atoms with E-state index in [0.717, 1.165) is 10.9 Å². The van der Waals surface area contributed by atoms with Gasteiger partial charge in [0.05, 0.1) is 11.4 Å². The number of fused-ring (bicyclic) bond motifs is 2. The van der Waals surface area contributed by atoms with Crippen LogP contribution in [0, 0.1) is 0 Å². The van der Waals surface area contributed by atoms with Crippen LogP contribution in [0.3, 0.4) is 0 Å². The molecule has 35 heavy (non-hydrogen) atoms. The van der Waals surface area contributed by atoms with Crippen LogP contribution in [-0.2, 0) is 5.41 Å². The zero-order valence-corrected chi connectivity index (χ0v) is 21.2. The maximum Gasteiger partial charge on any atom is 0.0507 e. The summed E-state index contributed by atoms with van der Waals surface area (Å²) in [4.78, 5) is 2.42. The quantitative estimate of drug-likeness (QED) is 0.230. The predicted octanol–water partition coefficient (Wildman–Crippen LogP) is 9.64. The lowest BCUT2D eigenvalue weighted by Gasteiger charge is -2.46. The van der Waals surface area contributed by atoms with Crippen LogP contribution in [0.5, 0.6) is 0 Å². The van der Waals surface area contributed by atoms with E-state index in [9.17, 15) is 0 Å². The highest BCUT2D eigenvalue weighted by atomic mass is 79.9. The predicted molar refractivity (Wildman–Crippen MR) is 151 cm³/mol. The van der Waals surface area contributed by atoms with Gasteiger partial charge in [0.2, 0.25) is 0 Å². The van der Waals surface area contributed by atoms with Gasteiger partial charge >= 0.3 is 0 Å². The number of rotatable bonds is 4. The molecule has 0 aliphatic carbocycles. The molecule has 0 saturated carbocycles. The van der Waals surface area contributed by atoms with Gasteiger partial charge in [-0.3, -0.25) is 0 Å². The van der Waals surface area contributed by atoms with Gasteiger partial charge in [-0.05, 0) is 70.6 Å². The van der Waals surface area contributed by atoms with E-state index < -0.39 is 0 Å². The zero-order chi connectivity index (χ0) is 23.8. The van der Waals surface area contributed by atoms with Gasteiger partial charge in [-0.1, -0.05) is 114 Å². The fourth-order valence-electron chi connectivity index (χ4n) is 5.68. The minimum absolute atomic E-state index is 0.225. The van der Waals surface area contributed by atoms with Gasteiger partial charge < -0.3 is 4.90 Å². The summed E-state index contributed by atoms with van der Waals surface area (Å²) in [5, 5.41) is 0. The molecule has 0 saturated heterocycles. The largest absolute Gasteiger partial charge is 0.310 e. The normalized spacial score (nSPS) is 16.5. The molecule has 2 heteroatoms. The molecule has 1 aliphatic heterocycles. The maximum absolute atomic E-state index is 3.78. The van der Waals surface area contributed by atoms with Crippen LogP contribution in [0.2, 0.25) is 0 Å². The molecule has 1 unspecified atom stereocenters. The minimum Gasteiger partial charge on any atom is -0.310 e. The molecule has 1 atom stereocenters. The van der Waals surface area contributed by atoms with E-state index in [2.05, 4.69) is 155 Å². The summed E-state index contributed by atoms with van der Waals surface area (Å²) < 4.78 is 1.10. The number of nitrogens with zero attached hydrogens (tertiary/aromatic N) is 1. The lowest BCUT2D eigenvalue weighted by molar-refractivity contribution is 0.587. The van der Waals surface area contributed by atoms with Crippen molar-refractivity contribution in [2.24, 2.45) is 0 Å². The summed E-state index contributed by atoms with van der Waals surface area (Å²) in [5.41, 5.74) is 9.85. The molecule has 0 fully saturated rings. The summed E-state index contributed by atoms with van der Waals surface area (Å²) >= 11 is 3.78. The first-order chi connectivity index (χ1) is 17.2. The van der Waals surface area contributed by atoms with Gasteiger partial charge in [-0.2, -0.15) is 0 Å². The smallest absolute Gasteiger partial charge is 0.0507 e. The lowest BCUT2D eigenvalue weighted by atomic mass is 9.64. The first kappa shape index (κ1) is 21.9. The maximum atomic E-state index is 3.78. The van der Waals surface area contributed by atoms with E-state index in [4.69, 9.17) is 0 Å². The Bertz CT molecular complexity index is 1480. The summed E-state index contributed by atoms with van der Waals surface area (Å²) in [5.74, 6) is 0. The van der Waals surface area contributed by atoms with E-state index >= 15 is 0 Å². The van der Waals surface area contributed by atoms with E-state index in [0.29, 0.717) is 0 Å². The number of halogens is 1. The van der Waals surface area contributed by atoms with Gasteiger partial charge in [0.15, 0.2) is 0 Å². The van der Waals surface area contributed by atoms with Crippen molar-refractivity contribution < 1.29 is 0 Å². The van der Waals surface area contributed by atoms with Gasteiger partial charge in [-0.25, -0.2) is 0 Å². The van der Waals surface area contributed by atoms with Crippen LogP contribution in [0.1, 0.15) is 30.0 Å². The third-order valence-electron chi connectivity index (χ3n) is 7.29. The van der Waals surface area contributed by atoms with Crippen molar-refractivity contribution in [3.8, 4) is 11.1 Å². The monoisotopic (exact) mass is 515 g/mol. The molecule has 0 radical (unpaired) electrons. The van der Waals surface area contributed by atoms with E-state index in [1.165, 1.54) is 44.9 Å². The van der Waals surface area contributed by atoms with Gasteiger partial charge in [0, 0.05) is 15.6 Å². The second-order valence-electron chi connectivity index (χ2n) is 9.05. The van der Waals surface area contributed by atoms with E-state index in [1.54, 1.807) is 0 Å². The highest BCUT2D eigenvalue weighted by Gasteiger charge is 2.43. The number of anilines is 3. The van der Waals surface area contributed by atoms with Crippen LogP contribution in [-0.4, -0.2) is 0 Å². The Kier molecular flexibility index (Phi) is 5.54. The van der Waals surface area contributed by atoms with Crippen molar-refractivity contribution >= 4 is 33.0 Å². The Morgan fingerprint density at radius 3 is 1.91 bits per heavy atom. The Morgan fingerprint density at radius 1 is 0.600 bits per heavy atom. The Hall–Kier alpha value is -3.62. The molecule has 0 aromatic heterocycles. The molecule has 6 rings (SSSR count). The molecule has 170 valence electrons. The SMILES string of the molecule is CCC1(c2ccccc2)c2ccccc2N(c2ccc(-c3ccccc3)cc2)c2ccc(Br)cc21. The Labute approximate surface area is 215 Å². The first-order valence-electron chi connectivity index (χ1n) is 12.1. The van der Waals surface area contributed by atoms with Crippen molar-refractivity contribution in [1.82, 2.24) is 0 Å². The molecule has 0 spiro atoms. The van der Waals surface area contributed by atoms with Crippen LogP contribution in [0.15, 0.2) is 132 Å². The summed E-state index contributed by atoms with van der Waals surface area (Å²) in [6, 6.07) is 46.1. The molecular weight excluding hydrogens is 490 g/mol. The Morgan fingerprint density at radius 2 is 1.20 bits per heavy atom. The standard InChI is InChI=1S/C33H26BrN/c1-2-33(26-13-7-4-8-14-26)29-15-9-10-16-31(29)35(32-22-19-27(34)23-30(32)33)28-20-17-25(18-21-28)24-11-5-3-6-12-24/h3-23H,2H2,1H3. The summed E-state index contributed by atoms with van der Waals surface area (Å²) in [7, 11) is 0. The van der Waals surface area contributed by atoms with Crippen LogP contribution in [0.25, 0.3) is 11.1 Å². The second-order valence-corrected chi connectivity index (χ2v) is 9.97. The average molecular weight is 516 g/mol. The molecule has 1 aliphatic rings. The fraction of sp³-hybridized carbons (Fsp3) is 0.0909. The molecular formula is C33H26BrN. The first-order valence-corrected chi connectivity index (χ1v) is 12.9. The van der Waals surface area contributed by atoms with Crippen molar-refractivity contribution in [3.05, 3.63) is 149 Å². The number of benzene rings is 5. The zero-order valence-electron chi connectivity index (χ0n) is 19.7. The number of hydrogen-bond acceptors (Lipinski definition) is 1. The molecule has 0 N–H and O–H groups in total. The van der Waals surface area contributed by atoms with Gasteiger partial charge in [-0.15, -0.1) is 0 Å². The third-order valence-corrected chi connectivity index (χ3v) is 7.79. The number of para-hydroxylation sites is 1. The molecule has 5 aromatic rings. The second kappa shape index (κ2) is 8.87. The minimum atomic E-state index is -0.225. The highest BCUT2D eigenvalue weighted by molar-refractivity contribution is 9.10. The van der Waals surface area contributed by atoms with E-state index in [-0.39, 0.29) is 5.41 Å².